The van der Waals surface area contributed by atoms with Gasteiger partial charge in [0, 0.05) is 12.6 Å². The Balaban J connectivity index is 3.34. The van der Waals surface area contributed by atoms with E-state index in [9.17, 15) is 18.0 Å². The first-order valence-corrected chi connectivity index (χ1v) is 3.72. The molecule has 0 aromatic carbocycles. The van der Waals surface area contributed by atoms with E-state index in [-0.39, 0.29) is 24.2 Å². The molecule has 0 saturated carbocycles. The van der Waals surface area contributed by atoms with E-state index in [2.05, 4.69) is 4.98 Å². The molecule has 0 aliphatic heterocycles. The van der Waals surface area contributed by atoms with Gasteiger partial charge in [-0.25, -0.2) is 18.2 Å². The fourth-order valence-electron chi connectivity index (χ4n) is 1.04. The predicted molar refractivity (Wildman–Crippen MR) is 42.4 cm³/mol. The Morgan fingerprint density at radius 2 is 2.21 bits per heavy atom. The minimum absolute atomic E-state index is 0.243. The molecule has 0 fully saturated rings. The Morgan fingerprint density at radius 3 is 2.64 bits per heavy atom. The number of carbonyl (C=O) groups excluding carboxylic acids is 1. The number of hydrogen-bond acceptors (Lipinski definition) is 3. The van der Waals surface area contributed by atoms with Crippen LogP contribution in [0.5, 0.6) is 0 Å². The van der Waals surface area contributed by atoms with Crippen LogP contribution in [0.2, 0.25) is 0 Å². The third-order valence-electron chi connectivity index (χ3n) is 1.64. The lowest BCUT2D eigenvalue weighted by atomic mass is 10.1. The summed E-state index contributed by atoms with van der Waals surface area (Å²) in [5, 5.41) is 0. The number of aldehydes is 1. The first-order chi connectivity index (χ1) is 6.60. The smallest absolute Gasteiger partial charge is 0.268 e. The highest BCUT2D eigenvalue weighted by molar-refractivity contribution is 5.71. The van der Waals surface area contributed by atoms with Crippen LogP contribution in [0.15, 0.2) is 6.07 Å². The molecule has 3 nitrogen and oxygen atoms in total. The van der Waals surface area contributed by atoms with Crippen molar-refractivity contribution >= 4 is 6.29 Å². The molecule has 0 spiro atoms. The third-order valence-corrected chi connectivity index (χ3v) is 1.64. The van der Waals surface area contributed by atoms with E-state index in [4.69, 9.17) is 5.73 Å². The van der Waals surface area contributed by atoms with Crippen molar-refractivity contribution in [1.29, 1.82) is 0 Å². The number of alkyl halides is 2. The predicted octanol–water partition coefficient (Wildman–Crippen LogP) is 1.43. The van der Waals surface area contributed by atoms with Crippen molar-refractivity contribution < 1.29 is 18.0 Å². The molecule has 0 unspecified atom stereocenters. The summed E-state index contributed by atoms with van der Waals surface area (Å²) in [5.74, 6) is -1.16. The van der Waals surface area contributed by atoms with E-state index in [1.54, 1.807) is 0 Å². The summed E-state index contributed by atoms with van der Waals surface area (Å²) in [6.45, 7) is -0.335. The summed E-state index contributed by atoms with van der Waals surface area (Å²) >= 11 is 0. The van der Waals surface area contributed by atoms with E-state index in [1.165, 1.54) is 0 Å². The molecule has 0 saturated heterocycles. The summed E-state index contributed by atoms with van der Waals surface area (Å²) in [6.07, 6.45) is -2.71. The molecule has 0 amide bonds. The van der Waals surface area contributed by atoms with Crippen molar-refractivity contribution in [3.63, 3.8) is 0 Å². The average molecular weight is 204 g/mol. The first kappa shape index (κ1) is 10.6. The minimum atomic E-state index is -2.98. The Morgan fingerprint density at radius 1 is 1.57 bits per heavy atom. The minimum Gasteiger partial charge on any atom is -0.325 e. The van der Waals surface area contributed by atoms with Crippen molar-refractivity contribution in [2.45, 2.75) is 13.0 Å². The van der Waals surface area contributed by atoms with Gasteiger partial charge < -0.3 is 5.73 Å². The topological polar surface area (TPSA) is 56.0 Å². The maximum absolute atomic E-state index is 13.0. The second-order valence-electron chi connectivity index (χ2n) is 2.51. The molecule has 76 valence electrons. The van der Waals surface area contributed by atoms with Crippen LogP contribution in [0.25, 0.3) is 0 Å². The Hall–Kier alpha value is -1.43. The monoisotopic (exact) mass is 204 g/mol. The Bertz CT molecular complexity index is 355. The number of hydrogen-bond donors (Lipinski definition) is 1. The van der Waals surface area contributed by atoms with Gasteiger partial charge in [0.25, 0.3) is 6.43 Å². The van der Waals surface area contributed by atoms with Gasteiger partial charge in [0.05, 0.1) is 11.3 Å². The molecular formula is C8H7F3N2O. The second-order valence-corrected chi connectivity index (χ2v) is 2.51. The molecule has 0 aliphatic rings. The molecule has 0 bridgehead atoms. The van der Waals surface area contributed by atoms with E-state index in [0.717, 1.165) is 0 Å². The summed E-state index contributed by atoms with van der Waals surface area (Å²) in [6, 6.07) is 0.660. The van der Waals surface area contributed by atoms with E-state index >= 15 is 0 Å². The molecule has 0 atom stereocenters. The van der Waals surface area contributed by atoms with Gasteiger partial charge in [0.15, 0.2) is 6.29 Å². The van der Waals surface area contributed by atoms with Crippen LogP contribution >= 0.6 is 0 Å². The van der Waals surface area contributed by atoms with Crippen LogP contribution in [0.4, 0.5) is 13.2 Å². The number of aromatic nitrogens is 1. The van der Waals surface area contributed by atoms with Gasteiger partial charge in [0.2, 0.25) is 0 Å². The summed E-state index contributed by atoms with van der Waals surface area (Å²) < 4.78 is 37.6. The molecule has 1 aromatic rings. The van der Waals surface area contributed by atoms with Crippen molar-refractivity contribution in [1.82, 2.24) is 4.98 Å². The molecule has 1 rings (SSSR count). The SMILES string of the molecule is NCc1nc(C=O)cc(F)c1C(F)F. The number of pyridine rings is 1. The van der Waals surface area contributed by atoms with Gasteiger partial charge in [-0.3, -0.25) is 4.79 Å². The largest absolute Gasteiger partial charge is 0.325 e. The van der Waals surface area contributed by atoms with Crippen LogP contribution in [-0.2, 0) is 6.54 Å². The Kier molecular flexibility index (Phi) is 3.19. The molecule has 0 radical (unpaired) electrons. The van der Waals surface area contributed by atoms with Crippen LogP contribution in [0, 0.1) is 5.82 Å². The highest BCUT2D eigenvalue weighted by Gasteiger charge is 2.19. The lowest BCUT2D eigenvalue weighted by Gasteiger charge is -2.07. The van der Waals surface area contributed by atoms with Crippen molar-refractivity contribution in [2.75, 3.05) is 0 Å². The van der Waals surface area contributed by atoms with Crippen molar-refractivity contribution in [3.05, 3.63) is 28.8 Å². The second kappa shape index (κ2) is 4.19. The van der Waals surface area contributed by atoms with Gasteiger partial charge in [-0.1, -0.05) is 0 Å². The van der Waals surface area contributed by atoms with E-state index < -0.39 is 17.8 Å². The van der Waals surface area contributed by atoms with Crippen LogP contribution in [0.1, 0.15) is 28.2 Å². The third kappa shape index (κ3) is 1.90. The van der Waals surface area contributed by atoms with Gasteiger partial charge >= 0.3 is 0 Å². The molecule has 2 N–H and O–H groups in total. The maximum Gasteiger partial charge on any atom is 0.268 e. The maximum atomic E-state index is 13.0. The highest BCUT2D eigenvalue weighted by Crippen LogP contribution is 2.24. The summed E-state index contributed by atoms with van der Waals surface area (Å²) in [5.41, 5.74) is 3.73. The zero-order chi connectivity index (χ0) is 10.7. The fourth-order valence-corrected chi connectivity index (χ4v) is 1.04. The lowest BCUT2D eigenvalue weighted by molar-refractivity contribution is 0.111. The zero-order valence-corrected chi connectivity index (χ0v) is 7.01. The van der Waals surface area contributed by atoms with Gasteiger partial charge in [-0.15, -0.1) is 0 Å². The summed E-state index contributed by atoms with van der Waals surface area (Å²) in [7, 11) is 0. The van der Waals surface area contributed by atoms with Gasteiger partial charge in [0.1, 0.15) is 11.5 Å². The van der Waals surface area contributed by atoms with Crippen LogP contribution < -0.4 is 5.73 Å². The number of nitrogens with two attached hydrogens (primary N) is 1. The average Bonchev–Trinajstić information content (AvgIpc) is 2.15. The molecule has 14 heavy (non-hydrogen) atoms. The fraction of sp³-hybridized carbons (Fsp3) is 0.250. The number of nitrogens with zero attached hydrogens (tertiary/aromatic N) is 1. The van der Waals surface area contributed by atoms with Crippen molar-refractivity contribution in [3.8, 4) is 0 Å². The molecule has 1 aromatic heterocycles. The molecular weight excluding hydrogens is 197 g/mol. The molecule has 1 heterocycles. The first-order valence-electron chi connectivity index (χ1n) is 3.72. The van der Waals surface area contributed by atoms with E-state index in [0.29, 0.717) is 6.07 Å². The van der Waals surface area contributed by atoms with Crippen LogP contribution in [0.3, 0.4) is 0 Å². The Labute approximate surface area is 77.7 Å². The van der Waals surface area contributed by atoms with Crippen molar-refractivity contribution in [2.24, 2.45) is 5.73 Å². The molecule has 0 aliphatic carbocycles. The number of carbonyl (C=O) groups is 1. The normalized spacial score (nSPS) is 10.6. The quantitative estimate of drug-likeness (QED) is 0.757. The van der Waals surface area contributed by atoms with E-state index in [1.807, 2.05) is 0 Å². The van der Waals surface area contributed by atoms with Gasteiger partial charge in [-0.05, 0) is 0 Å². The number of rotatable bonds is 3. The molecule has 6 heteroatoms. The zero-order valence-electron chi connectivity index (χ0n) is 7.01. The standard InChI is InChI=1S/C8H7F3N2O/c9-5-1-4(3-14)13-6(2-12)7(5)8(10)11/h1,3,8H,2,12H2. The summed E-state index contributed by atoms with van der Waals surface area (Å²) in [4.78, 5) is 13.7. The van der Waals surface area contributed by atoms with Crippen LogP contribution in [-0.4, -0.2) is 11.3 Å². The highest BCUT2D eigenvalue weighted by atomic mass is 19.3. The number of halogens is 3. The lowest BCUT2D eigenvalue weighted by Crippen LogP contribution is -2.09. The van der Waals surface area contributed by atoms with Gasteiger partial charge in [-0.2, -0.15) is 0 Å².